The van der Waals surface area contributed by atoms with Crippen molar-refractivity contribution in [2.45, 2.75) is 9.67 Å². The molecule has 0 heterocycles. The number of hydrogen-bond donors (Lipinski definition) is 0. The lowest BCUT2D eigenvalue weighted by atomic mass is 10.1. The van der Waals surface area contributed by atoms with E-state index in [1.54, 1.807) is 18.2 Å². The molecule has 0 unspecified atom stereocenters. The molecule has 88 valence electrons. The van der Waals surface area contributed by atoms with Crippen molar-refractivity contribution >= 4 is 63.4 Å². The van der Waals surface area contributed by atoms with Crippen molar-refractivity contribution in [3.05, 3.63) is 29.3 Å². The lowest BCUT2D eigenvalue weighted by Crippen LogP contribution is -2.03. The molecule has 0 aliphatic carbocycles. The molecule has 0 N–H and O–H groups in total. The third-order valence-electron chi connectivity index (χ3n) is 1.73. The fourth-order valence-electron chi connectivity index (χ4n) is 1.12. The Balaban J connectivity index is 3.28. The summed E-state index contributed by atoms with van der Waals surface area (Å²) < 4.78 is 4.79. The van der Waals surface area contributed by atoms with Gasteiger partial charge in [0.25, 0.3) is 0 Å². The molecule has 0 saturated heterocycles. The van der Waals surface area contributed by atoms with Crippen molar-refractivity contribution in [2.75, 3.05) is 0 Å². The van der Waals surface area contributed by atoms with Gasteiger partial charge in [-0.2, -0.15) is 0 Å². The SMILES string of the molecule is O=C(Cl)Oc1c(C(Cl)Cl)cccc1C(Cl)Cl. The number of carbonyl (C=O) groups excluding carboxylic acids is 1. The minimum absolute atomic E-state index is 0.0903. The first-order valence-electron chi connectivity index (χ1n) is 4.00. The van der Waals surface area contributed by atoms with Gasteiger partial charge in [0.05, 0.1) is 0 Å². The summed E-state index contributed by atoms with van der Waals surface area (Å²) in [6.45, 7) is 0. The molecule has 1 aromatic rings. The number of rotatable bonds is 3. The molecule has 1 rings (SSSR count). The monoisotopic (exact) mass is 320 g/mol. The second-order valence-electron chi connectivity index (χ2n) is 2.71. The Kier molecular flexibility index (Phi) is 5.48. The molecule has 7 heteroatoms. The van der Waals surface area contributed by atoms with Crippen LogP contribution in [0.15, 0.2) is 18.2 Å². The molecule has 0 saturated carbocycles. The Labute approximate surface area is 117 Å². The van der Waals surface area contributed by atoms with Gasteiger partial charge < -0.3 is 4.74 Å². The molecular formula is C9H5Cl5O2. The Morgan fingerprint density at radius 1 is 1.06 bits per heavy atom. The number of ether oxygens (including phenoxy) is 1. The average Bonchev–Trinajstić information content (AvgIpc) is 2.16. The summed E-state index contributed by atoms with van der Waals surface area (Å²) in [5.74, 6) is 0.0903. The zero-order valence-corrected chi connectivity index (χ0v) is 11.4. The van der Waals surface area contributed by atoms with Crippen molar-refractivity contribution in [3.8, 4) is 5.75 Å². The lowest BCUT2D eigenvalue weighted by Gasteiger charge is -2.14. The van der Waals surface area contributed by atoms with Gasteiger partial charge in [-0.05, 0) is 0 Å². The van der Waals surface area contributed by atoms with Gasteiger partial charge in [-0.15, -0.1) is 0 Å². The molecule has 0 aliphatic rings. The van der Waals surface area contributed by atoms with Gasteiger partial charge in [-0.25, -0.2) is 4.79 Å². The molecule has 0 radical (unpaired) electrons. The zero-order valence-electron chi connectivity index (χ0n) is 7.59. The van der Waals surface area contributed by atoms with Crippen LogP contribution in [-0.4, -0.2) is 5.43 Å². The maximum atomic E-state index is 10.7. The molecule has 0 fully saturated rings. The van der Waals surface area contributed by atoms with E-state index < -0.39 is 15.1 Å². The Morgan fingerprint density at radius 3 is 1.81 bits per heavy atom. The van der Waals surface area contributed by atoms with E-state index >= 15 is 0 Å². The van der Waals surface area contributed by atoms with Crippen molar-refractivity contribution < 1.29 is 9.53 Å². The van der Waals surface area contributed by atoms with Crippen LogP contribution in [0.4, 0.5) is 4.79 Å². The summed E-state index contributed by atoms with van der Waals surface area (Å²) in [4.78, 5) is 8.98. The minimum atomic E-state index is -1.02. The first-order valence-corrected chi connectivity index (χ1v) is 6.12. The van der Waals surface area contributed by atoms with E-state index in [-0.39, 0.29) is 5.75 Å². The summed E-state index contributed by atoms with van der Waals surface area (Å²) in [5.41, 5.74) is -0.265. The van der Waals surface area contributed by atoms with Crippen LogP contribution >= 0.6 is 58.0 Å². The second kappa shape index (κ2) is 6.18. The molecule has 2 nitrogen and oxygen atoms in total. The van der Waals surface area contributed by atoms with Crippen LogP contribution in [-0.2, 0) is 0 Å². The van der Waals surface area contributed by atoms with Gasteiger partial charge in [0.1, 0.15) is 15.4 Å². The number of benzene rings is 1. The van der Waals surface area contributed by atoms with E-state index in [0.29, 0.717) is 11.1 Å². The number of carbonyl (C=O) groups is 1. The molecule has 0 aliphatic heterocycles. The third kappa shape index (κ3) is 3.57. The van der Waals surface area contributed by atoms with Crippen LogP contribution < -0.4 is 4.74 Å². The van der Waals surface area contributed by atoms with Crippen molar-refractivity contribution in [1.82, 2.24) is 0 Å². The van der Waals surface area contributed by atoms with Crippen LogP contribution in [0.2, 0.25) is 0 Å². The van der Waals surface area contributed by atoms with E-state index in [1.165, 1.54) is 0 Å². The van der Waals surface area contributed by atoms with Crippen LogP contribution in [0.5, 0.6) is 5.75 Å². The summed E-state index contributed by atoms with van der Waals surface area (Å²) >= 11 is 28.0. The van der Waals surface area contributed by atoms with E-state index in [0.717, 1.165) is 0 Å². The quantitative estimate of drug-likeness (QED) is 0.552. The van der Waals surface area contributed by atoms with Gasteiger partial charge in [0, 0.05) is 22.7 Å². The van der Waals surface area contributed by atoms with Gasteiger partial charge in [0.2, 0.25) is 0 Å². The van der Waals surface area contributed by atoms with Gasteiger partial charge >= 0.3 is 5.43 Å². The largest absolute Gasteiger partial charge is 0.414 e. The molecule has 0 atom stereocenters. The first-order chi connectivity index (χ1) is 7.43. The average molecular weight is 322 g/mol. The normalized spacial score (nSPS) is 10.9. The van der Waals surface area contributed by atoms with Gasteiger partial charge in [-0.1, -0.05) is 64.6 Å². The molecule has 0 spiro atoms. The van der Waals surface area contributed by atoms with Gasteiger partial charge in [-0.3, -0.25) is 0 Å². The standard InChI is InChI=1S/C9H5Cl5O2/c10-7(11)4-2-1-3-5(8(12)13)6(4)16-9(14)15/h1-3,7-8H. The first kappa shape index (κ1) is 14.2. The highest BCUT2D eigenvalue weighted by Crippen LogP contribution is 2.40. The van der Waals surface area contributed by atoms with E-state index in [2.05, 4.69) is 0 Å². The molecule has 16 heavy (non-hydrogen) atoms. The highest BCUT2D eigenvalue weighted by atomic mass is 35.5. The molecule has 0 aromatic heterocycles. The van der Waals surface area contributed by atoms with Crippen LogP contribution in [0.1, 0.15) is 20.8 Å². The summed E-state index contributed by atoms with van der Waals surface area (Å²) in [6.07, 6.45) is 0. The van der Waals surface area contributed by atoms with Crippen molar-refractivity contribution in [3.63, 3.8) is 0 Å². The third-order valence-corrected chi connectivity index (χ3v) is 2.75. The smallest absolute Gasteiger partial charge is 0.409 e. The fourth-order valence-corrected chi connectivity index (χ4v) is 1.88. The van der Waals surface area contributed by atoms with Crippen LogP contribution in [0.25, 0.3) is 0 Å². The Bertz CT molecular complexity index is 365. The number of para-hydroxylation sites is 1. The second-order valence-corrected chi connectivity index (χ2v) is 5.21. The van der Waals surface area contributed by atoms with Crippen LogP contribution in [0.3, 0.4) is 0 Å². The van der Waals surface area contributed by atoms with Crippen molar-refractivity contribution in [1.29, 1.82) is 0 Å². The summed E-state index contributed by atoms with van der Waals surface area (Å²) in [7, 11) is 0. The summed E-state index contributed by atoms with van der Waals surface area (Å²) in [6, 6.07) is 4.81. The maximum absolute atomic E-state index is 10.7. The number of alkyl halides is 4. The summed E-state index contributed by atoms with van der Waals surface area (Å²) in [5, 5.41) is 0. The van der Waals surface area contributed by atoms with Crippen molar-refractivity contribution in [2.24, 2.45) is 0 Å². The molecule has 1 aromatic carbocycles. The predicted octanol–water partition coefficient (Wildman–Crippen LogP) is 5.38. The Morgan fingerprint density at radius 2 is 1.50 bits per heavy atom. The molecular weight excluding hydrogens is 317 g/mol. The molecule has 0 amide bonds. The van der Waals surface area contributed by atoms with E-state index in [9.17, 15) is 4.79 Å². The molecule has 0 bridgehead atoms. The predicted molar refractivity (Wildman–Crippen MR) is 67.2 cm³/mol. The lowest BCUT2D eigenvalue weighted by molar-refractivity contribution is 0.225. The zero-order chi connectivity index (χ0) is 12.3. The van der Waals surface area contributed by atoms with E-state index in [4.69, 9.17) is 62.7 Å². The van der Waals surface area contributed by atoms with Crippen LogP contribution in [0, 0.1) is 0 Å². The van der Waals surface area contributed by atoms with Gasteiger partial charge in [0.15, 0.2) is 0 Å². The Hall–Kier alpha value is 0.140. The van der Waals surface area contributed by atoms with E-state index in [1.807, 2.05) is 0 Å². The topological polar surface area (TPSA) is 26.3 Å². The maximum Gasteiger partial charge on any atom is 0.409 e. The fraction of sp³-hybridized carbons (Fsp3) is 0.222. The highest BCUT2D eigenvalue weighted by molar-refractivity contribution is 6.61. The highest BCUT2D eigenvalue weighted by Gasteiger charge is 2.20. The number of halogens is 5. The minimum Gasteiger partial charge on any atom is -0.414 e. The number of hydrogen-bond acceptors (Lipinski definition) is 2.